The fourth-order valence-electron chi connectivity index (χ4n) is 7.53. The average molecular weight is 589 g/mol. The van der Waals surface area contributed by atoms with Gasteiger partial charge in [-0.1, -0.05) is 72.8 Å². The van der Waals surface area contributed by atoms with Gasteiger partial charge in [0.05, 0.1) is 11.0 Å². The zero-order valence-electron chi connectivity index (χ0n) is 24.5. The second-order valence-electron chi connectivity index (χ2n) is 12.1. The molecule has 0 aliphatic heterocycles. The van der Waals surface area contributed by atoms with Gasteiger partial charge in [0.2, 0.25) is 0 Å². The van der Waals surface area contributed by atoms with Crippen LogP contribution in [0.25, 0.3) is 99.1 Å². The van der Waals surface area contributed by atoms with E-state index in [1.165, 1.54) is 21.5 Å². The molecule has 0 atom stereocenters. The number of rotatable bonds is 2. The molecule has 0 bridgehead atoms. The summed E-state index contributed by atoms with van der Waals surface area (Å²) >= 11 is 0. The van der Waals surface area contributed by atoms with Crippen molar-refractivity contribution in [3.63, 3.8) is 0 Å². The lowest BCUT2D eigenvalue weighted by molar-refractivity contribution is 1.12. The Morgan fingerprint density at radius 3 is 1.24 bits per heavy atom. The van der Waals surface area contributed by atoms with E-state index in [2.05, 4.69) is 153 Å². The van der Waals surface area contributed by atoms with E-state index < -0.39 is 0 Å². The molecule has 0 aliphatic carbocycles. The lowest BCUT2D eigenvalue weighted by atomic mass is 10.1. The molecule has 11 rings (SSSR count). The molecule has 11 aromatic rings. The minimum atomic E-state index is 0.850. The zero-order valence-corrected chi connectivity index (χ0v) is 24.5. The Balaban J connectivity index is 1.24. The van der Waals surface area contributed by atoms with Crippen LogP contribution in [0.5, 0.6) is 0 Å². The first-order valence-corrected chi connectivity index (χ1v) is 15.5. The van der Waals surface area contributed by atoms with E-state index in [1.807, 2.05) is 0 Å². The number of hydrogen-bond acceptors (Lipinski definition) is 2. The summed E-state index contributed by atoms with van der Waals surface area (Å²) in [7, 11) is 0. The van der Waals surface area contributed by atoms with E-state index in [9.17, 15) is 0 Å². The molecule has 6 aromatic carbocycles. The van der Waals surface area contributed by atoms with Crippen LogP contribution in [0.1, 0.15) is 0 Å². The maximum absolute atomic E-state index is 5.46. The monoisotopic (exact) mass is 588 g/mol. The topological polar surface area (TPSA) is 67.2 Å². The Morgan fingerprint density at radius 2 is 0.761 bits per heavy atom. The van der Waals surface area contributed by atoms with Crippen molar-refractivity contribution in [1.29, 1.82) is 0 Å². The van der Waals surface area contributed by atoms with Crippen LogP contribution in [0.3, 0.4) is 0 Å². The highest BCUT2D eigenvalue weighted by Gasteiger charge is 2.21. The molecule has 0 amide bonds. The second-order valence-corrected chi connectivity index (χ2v) is 12.1. The van der Waals surface area contributed by atoms with Gasteiger partial charge < -0.3 is 9.97 Å². The third kappa shape index (κ3) is 3.09. The van der Waals surface area contributed by atoms with Gasteiger partial charge in [0.1, 0.15) is 11.0 Å². The van der Waals surface area contributed by atoms with Gasteiger partial charge in [0.25, 0.3) is 0 Å². The number of aromatic amines is 2. The van der Waals surface area contributed by atoms with Gasteiger partial charge in [-0.3, -0.25) is 9.13 Å². The number of fused-ring (bicyclic) bond motifs is 12. The third-order valence-electron chi connectivity index (χ3n) is 9.58. The highest BCUT2D eigenvalue weighted by atomic mass is 15.1. The normalized spacial score (nSPS) is 12.3. The Bertz CT molecular complexity index is 2830. The number of nitrogens with one attached hydrogen (secondary N) is 2. The van der Waals surface area contributed by atoms with Crippen molar-refractivity contribution in [3.05, 3.63) is 133 Å². The van der Waals surface area contributed by atoms with Crippen LogP contribution >= 0.6 is 0 Å². The molecule has 6 heteroatoms. The van der Waals surface area contributed by atoms with E-state index in [-0.39, 0.29) is 0 Å². The number of aromatic nitrogens is 6. The van der Waals surface area contributed by atoms with Crippen molar-refractivity contribution in [2.75, 3.05) is 0 Å². The smallest absolute Gasteiger partial charge is 0.165 e. The molecule has 5 aromatic heterocycles. The number of H-pyrrole nitrogens is 2. The quantitative estimate of drug-likeness (QED) is 0.211. The van der Waals surface area contributed by atoms with Gasteiger partial charge in [0, 0.05) is 65.8 Å². The van der Waals surface area contributed by atoms with E-state index in [0.29, 0.717) is 0 Å². The molecule has 0 fully saturated rings. The summed E-state index contributed by atoms with van der Waals surface area (Å²) in [6, 6.07) is 47.2. The Morgan fingerprint density at radius 1 is 0.370 bits per heavy atom. The van der Waals surface area contributed by atoms with Crippen LogP contribution in [0, 0.1) is 0 Å². The predicted molar refractivity (Wildman–Crippen MR) is 189 cm³/mol. The fraction of sp³-hybridized carbons (Fsp3) is 0. The molecular weight excluding hydrogens is 564 g/mol. The van der Waals surface area contributed by atoms with Crippen molar-refractivity contribution in [2.45, 2.75) is 0 Å². The lowest BCUT2D eigenvalue weighted by Crippen LogP contribution is -1.98. The van der Waals surface area contributed by atoms with Crippen LogP contribution in [-0.4, -0.2) is 29.1 Å². The summed E-state index contributed by atoms with van der Waals surface area (Å²) < 4.78 is 4.53. The third-order valence-corrected chi connectivity index (χ3v) is 9.58. The summed E-state index contributed by atoms with van der Waals surface area (Å²) in [4.78, 5) is 18.1. The van der Waals surface area contributed by atoms with Crippen molar-refractivity contribution >= 4 is 87.7 Å². The molecule has 0 spiro atoms. The molecule has 5 heterocycles. The van der Waals surface area contributed by atoms with Gasteiger partial charge >= 0.3 is 0 Å². The Kier molecular flexibility index (Phi) is 4.49. The molecule has 46 heavy (non-hydrogen) atoms. The number of nitrogens with zero attached hydrogens (tertiary/aromatic N) is 4. The van der Waals surface area contributed by atoms with Crippen molar-refractivity contribution < 1.29 is 0 Å². The molecule has 0 unspecified atom stereocenters. The second kappa shape index (κ2) is 8.61. The van der Waals surface area contributed by atoms with Gasteiger partial charge in [-0.05, 0) is 60.7 Å². The number of hydrogen-bond donors (Lipinski definition) is 2. The van der Waals surface area contributed by atoms with Crippen molar-refractivity contribution in [1.82, 2.24) is 29.1 Å². The summed E-state index contributed by atoms with van der Waals surface area (Å²) in [5, 5.41) is 6.96. The molecule has 0 saturated carbocycles. The van der Waals surface area contributed by atoms with Crippen molar-refractivity contribution in [3.8, 4) is 11.4 Å². The van der Waals surface area contributed by atoms with Gasteiger partial charge in [-0.15, -0.1) is 0 Å². The van der Waals surface area contributed by atoms with Crippen molar-refractivity contribution in [2.24, 2.45) is 0 Å². The number of benzene rings is 6. The van der Waals surface area contributed by atoms with Crippen LogP contribution in [-0.2, 0) is 0 Å². The molecule has 0 radical (unpaired) electrons. The molecule has 0 aliphatic rings. The average Bonchev–Trinajstić information content (AvgIpc) is 3.84. The first kappa shape index (κ1) is 24.0. The maximum atomic E-state index is 5.46. The first-order chi connectivity index (χ1) is 22.8. The fourth-order valence-corrected chi connectivity index (χ4v) is 7.53. The SMILES string of the molecule is c1ccc2c(c1)[nH]c1ccc(-n3c4ccccc4c4nc5c(nc43)c3ccccc3n5-c3ccc4[nH]c5ccccc5c4c3)cc12. The van der Waals surface area contributed by atoms with Crippen LogP contribution in [0.15, 0.2) is 133 Å². The molecule has 6 nitrogen and oxygen atoms in total. The molecular formula is C40H24N6. The van der Waals surface area contributed by atoms with Crippen LogP contribution < -0.4 is 0 Å². The highest BCUT2D eigenvalue weighted by Crippen LogP contribution is 2.38. The van der Waals surface area contributed by atoms with E-state index in [4.69, 9.17) is 9.97 Å². The standard InChI is InChI=1S/C40H24N6/c1-5-13-31-25(9-1)29-21-23(17-19-33(29)41-31)45-35-15-7-3-11-27(35)37-39(45)43-38-28-12-4-8-16-36(28)46(40(38)44-37)24-18-20-34-30(22-24)26-10-2-6-14-32(26)42-34/h1-22,41-42H. The Hall–Kier alpha value is -6.40. The lowest BCUT2D eigenvalue weighted by Gasteiger charge is -2.08. The van der Waals surface area contributed by atoms with Crippen LogP contribution in [0.4, 0.5) is 0 Å². The first-order valence-electron chi connectivity index (χ1n) is 15.5. The minimum Gasteiger partial charge on any atom is -0.355 e. The number of para-hydroxylation sites is 4. The summed E-state index contributed by atoms with van der Waals surface area (Å²) in [5.74, 6) is 0. The summed E-state index contributed by atoms with van der Waals surface area (Å²) in [5.41, 5.74) is 12.3. The predicted octanol–water partition coefficient (Wildman–Crippen LogP) is 9.94. The van der Waals surface area contributed by atoms with Crippen LogP contribution in [0.2, 0.25) is 0 Å². The maximum Gasteiger partial charge on any atom is 0.165 e. The Labute approximate surface area is 261 Å². The van der Waals surface area contributed by atoms with Gasteiger partial charge in [-0.2, -0.15) is 0 Å². The molecule has 214 valence electrons. The highest BCUT2D eigenvalue weighted by molar-refractivity contribution is 6.14. The summed E-state index contributed by atoms with van der Waals surface area (Å²) in [6.45, 7) is 0. The largest absolute Gasteiger partial charge is 0.355 e. The van der Waals surface area contributed by atoms with Gasteiger partial charge in [-0.25, -0.2) is 9.97 Å². The van der Waals surface area contributed by atoms with Gasteiger partial charge in [0.15, 0.2) is 11.3 Å². The molecule has 0 saturated heterocycles. The van der Waals surface area contributed by atoms with E-state index in [1.54, 1.807) is 0 Å². The van der Waals surface area contributed by atoms with E-state index in [0.717, 1.165) is 77.6 Å². The van der Waals surface area contributed by atoms with E-state index >= 15 is 0 Å². The minimum absolute atomic E-state index is 0.850. The molecule has 2 N–H and O–H groups in total. The zero-order chi connectivity index (χ0) is 29.9. The summed E-state index contributed by atoms with van der Waals surface area (Å²) in [6.07, 6.45) is 0.